The van der Waals surface area contributed by atoms with E-state index in [0.717, 1.165) is 92.2 Å². The van der Waals surface area contributed by atoms with Gasteiger partial charge in [-0.15, -0.1) is 21.5 Å². The molecule has 0 saturated heterocycles. The van der Waals surface area contributed by atoms with Crippen LogP contribution < -0.4 is 5.32 Å². The summed E-state index contributed by atoms with van der Waals surface area (Å²) in [5, 5.41) is 14.0. The molecule has 3 aliphatic rings. The number of benzene rings is 2. The Balaban J connectivity index is 0.905. The van der Waals surface area contributed by atoms with Crippen LogP contribution in [0, 0.1) is 25.7 Å². The summed E-state index contributed by atoms with van der Waals surface area (Å²) in [5.41, 5.74) is 8.28. The molecule has 3 aromatic heterocycles. The lowest BCUT2D eigenvalue weighted by molar-refractivity contribution is -0.133. The number of carbonyl (C=O) groups excluding carboxylic acids is 3. The van der Waals surface area contributed by atoms with Crippen molar-refractivity contribution in [3.8, 4) is 16.8 Å². The van der Waals surface area contributed by atoms with E-state index < -0.39 is 6.04 Å². The number of aromatic nitrogens is 4. The first-order valence-electron chi connectivity index (χ1n) is 18.2. The standard InChI is InChI=1S/C42H38ClN7O3S/c1-24-37(54-42-38(24)39(28-12-14-29(43)15-13-28)46-25(2)40-48-47-26(3)50(40)42)19-11-27-10-16-30(45-22-27)7-4-5-20-44-34-9-6-8-32-33(34)23-49(41(32)53)35-18-17-31(51)21-36(35)52/h6,8-10,12-16,22,25,35,44H,4-5,7,17-18,20-21,23H2,1-3H3/t25-,35?/m0/s1. The predicted molar refractivity (Wildman–Crippen MR) is 210 cm³/mol. The fraction of sp³-hybridized carbons (Fsp3) is 0.310. The third-order valence-corrected chi connectivity index (χ3v) is 11.8. The first-order chi connectivity index (χ1) is 26.2. The highest BCUT2D eigenvalue weighted by molar-refractivity contribution is 7.15. The molecule has 1 fully saturated rings. The molecule has 1 unspecified atom stereocenters. The number of nitrogens with one attached hydrogen (secondary N) is 1. The van der Waals surface area contributed by atoms with E-state index >= 15 is 0 Å². The Kier molecular flexibility index (Phi) is 9.73. The summed E-state index contributed by atoms with van der Waals surface area (Å²) in [5.74, 6) is 8.03. The van der Waals surface area contributed by atoms with Gasteiger partial charge in [-0.2, -0.15) is 0 Å². The van der Waals surface area contributed by atoms with Crippen molar-refractivity contribution in [2.75, 3.05) is 11.9 Å². The van der Waals surface area contributed by atoms with Gasteiger partial charge in [-0.25, -0.2) is 0 Å². The highest BCUT2D eigenvalue weighted by Gasteiger charge is 2.39. The van der Waals surface area contributed by atoms with Crippen molar-refractivity contribution >= 4 is 51.8 Å². The van der Waals surface area contributed by atoms with Crippen LogP contribution in [0.4, 0.5) is 5.69 Å². The second-order valence-electron chi connectivity index (χ2n) is 14.0. The van der Waals surface area contributed by atoms with Gasteiger partial charge in [0.2, 0.25) is 0 Å². The maximum atomic E-state index is 13.2. The fourth-order valence-corrected chi connectivity index (χ4v) is 8.83. The molecule has 5 heterocycles. The number of hydrogen-bond acceptors (Lipinski definition) is 9. The van der Waals surface area contributed by atoms with Crippen LogP contribution in [0.5, 0.6) is 0 Å². The van der Waals surface area contributed by atoms with E-state index in [9.17, 15) is 14.4 Å². The third-order valence-electron chi connectivity index (χ3n) is 10.4. The Morgan fingerprint density at radius 3 is 2.61 bits per heavy atom. The van der Waals surface area contributed by atoms with Gasteiger partial charge in [0.05, 0.1) is 23.1 Å². The minimum absolute atomic E-state index is 0.0422. The number of amides is 1. The number of anilines is 1. The predicted octanol–water partition coefficient (Wildman–Crippen LogP) is 7.39. The highest BCUT2D eigenvalue weighted by Crippen LogP contribution is 2.39. The maximum absolute atomic E-state index is 13.2. The smallest absolute Gasteiger partial charge is 0.255 e. The van der Waals surface area contributed by atoms with Crippen LogP contribution >= 0.6 is 22.9 Å². The quantitative estimate of drug-likeness (QED) is 0.0996. The molecule has 5 aromatic rings. The zero-order chi connectivity index (χ0) is 37.5. The summed E-state index contributed by atoms with van der Waals surface area (Å²) >= 11 is 7.85. The van der Waals surface area contributed by atoms with Crippen molar-refractivity contribution in [1.82, 2.24) is 24.6 Å². The highest BCUT2D eigenvalue weighted by atomic mass is 35.5. The van der Waals surface area contributed by atoms with Gasteiger partial charge in [0.25, 0.3) is 5.91 Å². The average molecular weight is 756 g/mol. The zero-order valence-electron chi connectivity index (χ0n) is 30.3. The van der Waals surface area contributed by atoms with E-state index in [1.165, 1.54) is 0 Å². The Labute approximate surface area is 322 Å². The van der Waals surface area contributed by atoms with Gasteiger partial charge in [-0.05, 0) is 88.4 Å². The number of halogens is 1. The topological polar surface area (TPSA) is 122 Å². The first-order valence-corrected chi connectivity index (χ1v) is 19.4. The molecular weight excluding hydrogens is 718 g/mol. The molecule has 1 aliphatic carbocycles. The van der Waals surface area contributed by atoms with Crippen LogP contribution in [0.3, 0.4) is 0 Å². The van der Waals surface area contributed by atoms with Crippen LogP contribution in [0.2, 0.25) is 5.02 Å². The summed E-state index contributed by atoms with van der Waals surface area (Å²) in [6.45, 7) is 7.23. The molecule has 1 saturated carbocycles. The molecule has 2 aliphatic heterocycles. The van der Waals surface area contributed by atoms with Crippen LogP contribution in [-0.4, -0.2) is 60.4 Å². The van der Waals surface area contributed by atoms with Crippen LogP contribution in [0.25, 0.3) is 5.00 Å². The second kappa shape index (κ2) is 14.8. The minimum Gasteiger partial charge on any atom is -0.385 e. The van der Waals surface area contributed by atoms with Crippen molar-refractivity contribution in [3.05, 3.63) is 121 Å². The maximum Gasteiger partial charge on any atom is 0.255 e. The molecule has 272 valence electrons. The third kappa shape index (κ3) is 6.76. The Hall–Kier alpha value is -5.44. The molecule has 0 bridgehead atoms. The summed E-state index contributed by atoms with van der Waals surface area (Å²) < 4.78 is 2.11. The number of ketones is 2. The number of nitrogens with zero attached hydrogens (tertiary/aromatic N) is 6. The van der Waals surface area contributed by atoms with Crippen molar-refractivity contribution in [2.45, 2.75) is 77.9 Å². The van der Waals surface area contributed by atoms with E-state index in [4.69, 9.17) is 21.6 Å². The molecule has 2 aromatic carbocycles. The molecule has 0 spiro atoms. The Morgan fingerprint density at radius 2 is 1.83 bits per heavy atom. The molecule has 2 atom stereocenters. The van der Waals surface area contributed by atoms with E-state index in [-0.39, 0.29) is 29.9 Å². The van der Waals surface area contributed by atoms with Gasteiger partial charge in [-0.1, -0.05) is 41.6 Å². The summed E-state index contributed by atoms with van der Waals surface area (Å²) in [6.07, 6.45) is 5.21. The van der Waals surface area contributed by atoms with Gasteiger partial charge in [0.1, 0.15) is 22.7 Å². The SMILES string of the molecule is Cc1c(C#Cc2ccc(CCCCNc3cccc4c3CN(C3CCC(=O)CC3=O)C4=O)nc2)sc2c1C(c1ccc(Cl)cc1)=N[C@@H](C)c1nnc(C)n1-2. The number of pyridine rings is 1. The summed E-state index contributed by atoms with van der Waals surface area (Å²) in [6, 6.07) is 16.8. The van der Waals surface area contributed by atoms with Gasteiger partial charge < -0.3 is 10.2 Å². The number of fused-ring (bicyclic) bond motifs is 4. The number of carbonyl (C=O) groups is 3. The van der Waals surface area contributed by atoms with Crippen LogP contribution in [-0.2, 0) is 22.6 Å². The van der Waals surface area contributed by atoms with Crippen molar-refractivity contribution in [1.29, 1.82) is 0 Å². The lowest BCUT2D eigenvalue weighted by Crippen LogP contribution is -2.44. The monoisotopic (exact) mass is 755 g/mol. The lowest BCUT2D eigenvalue weighted by Gasteiger charge is -2.29. The molecule has 8 rings (SSSR count). The van der Waals surface area contributed by atoms with E-state index in [1.807, 2.05) is 74.6 Å². The normalized spacial score (nSPS) is 17.7. The molecule has 1 amide bonds. The number of aryl methyl sites for hydroxylation is 2. The minimum atomic E-state index is -0.517. The second-order valence-corrected chi connectivity index (χ2v) is 15.4. The van der Waals surface area contributed by atoms with Gasteiger partial charge >= 0.3 is 0 Å². The first kappa shape index (κ1) is 35.6. The molecule has 12 heteroatoms. The molecule has 54 heavy (non-hydrogen) atoms. The van der Waals surface area contributed by atoms with Gasteiger partial charge in [0, 0.05) is 69.9 Å². The van der Waals surface area contributed by atoms with Crippen molar-refractivity contribution in [3.63, 3.8) is 0 Å². The number of unbranched alkanes of at least 4 members (excludes halogenated alkanes) is 1. The number of Topliss-reactive ketones (excluding diaryl/α,β-unsaturated/α-hetero) is 2. The molecule has 0 radical (unpaired) electrons. The largest absolute Gasteiger partial charge is 0.385 e. The molecule has 10 nitrogen and oxygen atoms in total. The summed E-state index contributed by atoms with van der Waals surface area (Å²) in [7, 11) is 0. The van der Waals surface area contributed by atoms with Crippen molar-refractivity contribution < 1.29 is 14.4 Å². The number of hydrogen-bond donors (Lipinski definition) is 1. The van der Waals surface area contributed by atoms with Gasteiger partial charge in [-0.3, -0.25) is 28.9 Å². The summed E-state index contributed by atoms with van der Waals surface area (Å²) in [4.78, 5) is 49.9. The zero-order valence-corrected chi connectivity index (χ0v) is 31.9. The van der Waals surface area contributed by atoms with Crippen LogP contribution in [0.15, 0.2) is 65.8 Å². The number of rotatable bonds is 8. The van der Waals surface area contributed by atoms with E-state index in [2.05, 4.69) is 38.8 Å². The lowest BCUT2D eigenvalue weighted by atomic mass is 9.92. The Bertz CT molecular complexity index is 2400. The van der Waals surface area contributed by atoms with E-state index in [1.54, 1.807) is 16.2 Å². The number of aliphatic imine (C=N–C) groups is 1. The van der Waals surface area contributed by atoms with Crippen LogP contribution in [0.1, 0.15) is 105 Å². The fourth-order valence-electron chi connectivity index (χ4n) is 7.49. The van der Waals surface area contributed by atoms with E-state index in [0.29, 0.717) is 30.0 Å². The Morgan fingerprint density at radius 1 is 1.00 bits per heavy atom. The molecule has 1 N–H and O–H groups in total. The average Bonchev–Trinajstić information content (AvgIpc) is 3.79. The van der Waals surface area contributed by atoms with Gasteiger partial charge in [0.15, 0.2) is 11.6 Å². The number of thiophene rings is 1. The molecular formula is C42H38ClN7O3S. The van der Waals surface area contributed by atoms with Crippen molar-refractivity contribution in [2.24, 2.45) is 4.99 Å².